The van der Waals surface area contributed by atoms with Crippen LogP contribution in [0.25, 0.3) is 0 Å². The number of benzene rings is 3. The maximum atomic E-state index is 14.4. The van der Waals surface area contributed by atoms with E-state index in [0.717, 1.165) is 18.2 Å². The van der Waals surface area contributed by atoms with Gasteiger partial charge in [-0.05, 0) is 30.7 Å². The molecule has 0 aromatic heterocycles. The predicted molar refractivity (Wildman–Crippen MR) is 120 cm³/mol. The number of ether oxygens (including phenoxy) is 1. The normalized spacial score (nSPS) is 15.0. The average molecular weight is 476 g/mol. The van der Waals surface area contributed by atoms with Crippen molar-refractivity contribution in [1.29, 1.82) is 0 Å². The van der Waals surface area contributed by atoms with Crippen molar-refractivity contribution in [2.45, 2.75) is 13.0 Å². The summed E-state index contributed by atoms with van der Waals surface area (Å²) in [6.45, 7) is 1.56. The highest BCUT2D eigenvalue weighted by Gasteiger charge is 2.46. The first-order chi connectivity index (χ1) is 16.7. The second kappa shape index (κ2) is 9.26. The van der Waals surface area contributed by atoms with Crippen LogP contribution in [-0.2, 0) is 14.3 Å². The Morgan fingerprint density at radius 3 is 2.46 bits per heavy atom. The number of halogens is 1. The summed E-state index contributed by atoms with van der Waals surface area (Å²) in [5.74, 6) is -7.21. The molecule has 0 saturated carbocycles. The Morgan fingerprint density at radius 2 is 1.74 bits per heavy atom. The summed E-state index contributed by atoms with van der Waals surface area (Å²) < 4.78 is 19.7. The van der Waals surface area contributed by atoms with Crippen LogP contribution in [0.1, 0.15) is 37.9 Å². The standard InChI is InChI=1S/C25H17FN2O7/c1-13-10-11-14(28(33)34)12-19(13)27-24(31)22(30)20(21(29)17-8-4-5-9-18(17)26)23-15-6-2-3-7-16(15)25(32)35-23/h2-12,20,23H,1H3,(H,27,31)/t20-,23+/m0/s1. The van der Waals surface area contributed by atoms with E-state index in [9.17, 15) is 33.7 Å². The van der Waals surface area contributed by atoms with Crippen LogP contribution in [0.15, 0.2) is 66.7 Å². The minimum Gasteiger partial charge on any atom is -0.453 e. The number of nitro benzene ring substituents is 1. The van der Waals surface area contributed by atoms with E-state index in [1.165, 1.54) is 36.4 Å². The van der Waals surface area contributed by atoms with Gasteiger partial charge in [0.15, 0.2) is 5.78 Å². The molecule has 3 aromatic carbocycles. The number of fused-ring (bicyclic) bond motifs is 1. The van der Waals surface area contributed by atoms with E-state index in [1.54, 1.807) is 19.1 Å². The van der Waals surface area contributed by atoms with Crippen molar-refractivity contribution in [2.75, 3.05) is 5.32 Å². The minimum absolute atomic E-state index is 0.0153. The number of amides is 1. The third-order valence-corrected chi connectivity index (χ3v) is 5.63. The summed E-state index contributed by atoms with van der Waals surface area (Å²) in [5, 5.41) is 13.4. The summed E-state index contributed by atoms with van der Waals surface area (Å²) in [5.41, 5.74) is -0.0436. The number of esters is 1. The molecule has 9 nitrogen and oxygen atoms in total. The molecule has 3 aromatic rings. The van der Waals surface area contributed by atoms with Gasteiger partial charge in [-0.15, -0.1) is 0 Å². The van der Waals surface area contributed by atoms with Crippen molar-refractivity contribution in [1.82, 2.24) is 0 Å². The van der Waals surface area contributed by atoms with Gasteiger partial charge >= 0.3 is 5.97 Å². The van der Waals surface area contributed by atoms with E-state index in [2.05, 4.69) is 5.32 Å². The second-order valence-electron chi connectivity index (χ2n) is 7.81. The number of nitro groups is 1. The minimum atomic E-state index is -1.89. The Hall–Kier alpha value is -4.73. The van der Waals surface area contributed by atoms with Crippen molar-refractivity contribution < 1.29 is 33.2 Å². The highest BCUT2D eigenvalue weighted by atomic mass is 19.1. The number of anilines is 1. The lowest BCUT2D eigenvalue weighted by molar-refractivity contribution is -0.384. The molecule has 1 heterocycles. The lowest BCUT2D eigenvalue weighted by Gasteiger charge is -2.21. The highest BCUT2D eigenvalue weighted by Crippen LogP contribution is 2.38. The number of rotatable bonds is 7. The summed E-state index contributed by atoms with van der Waals surface area (Å²) in [7, 11) is 0. The molecule has 1 N–H and O–H groups in total. The molecule has 0 unspecified atom stereocenters. The Bertz CT molecular complexity index is 1400. The summed E-state index contributed by atoms with van der Waals surface area (Å²) in [6.07, 6.45) is -1.46. The number of hydrogen-bond acceptors (Lipinski definition) is 7. The third kappa shape index (κ3) is 4.41. The quantitative estimate of drug-likeness (QED) is 0.136. The van der Waals surface area contributed by atoms with Gasteiger partial charge in [0.1, 0.15) is 17.8 Å². The van der Waals surface area contributed by atoms with E-state index in [-0.39, 0.29) is 22.5 Å². The third-order valence-electron chi connectivity index (χ3n) is 5.63. The number of Topliss-reactive ketones (excluding diaryl/α,β-unsaturated/α-hetero) is 2. The molecule has 176 valence electrons. The number of aryl methyl sites for hydroxylation is 1. The van der Waals surface area contributed by atoms with E-state index in [4.69, 9.17) is 4.74 Å². The number of cyclic esters (lactones) is 1. The summed E-state index contributed by atoms with van der Waals surface area (Å²) >= 11 is 0. The van der Waals surface area contributed by atoms with Gasteiger partial charge in [0, 0.05) is 17.7 Å². The molecule has 2 atom stereocenters. The zero-order valence-electron chi connectivity index (χ0n) is 18.2. The molecular formula is C25H17FN2O7. The number of hydrogen-bond donors (Lipinski definition) is 1. The molecule has 0 fully saturated rings. The zero-order chi connectivity index (χ0) is 25.3. The summed E-state index contributed by atoms with van der Waals surface area (Å²) in [4.78, 5) is 62.4. The Morgan fingerprint density at radius 1 is 1.06 bits per heavy atom. The largest absolute Gasteiger partial charge is 0.453 e. The van der Waals surface area contributed by atoms with Crippen molar-refractivity contribution in [2.24, 2.45) is 5.92 Å². The zero-order valence-corrected chi connectivity index (χ0v) is 18.2. The number of ketones is 2. The smallest absolute Gasteiger partial charge is 0.339 e. The Balaban J connectivity index is 1.74. The molecule has 0 aliphatic carbocycles. The Labute approximate surface area is 197 Å². The van der Waals surface area contributed by atoms with Crippen LogP contribution in [-0.4, -0.2) is 28.4 Å². The fourth-order valence-corrected chi connectivity index (χ4v) is 3.83. The van der Waals surface area contributed by atoms with Crippen LogP contribution in [0.3, 0.4) is 0 Å². The maximum absolute atomic E-state index is 14.4. The van der Waals surface area contributed by atoms with E-state index in [0.29, 0.717) is 5.56 Å². The average Bonchev–Trinajstić information content (AvgIpc) is 3.16. The molecule has 35 heavy (non-hydrogen) atoms. The molecule has 1 aliphatic heterocycles. The van der Waals surface area contributed by atoms with Gasteiger partial charge in [0.05, 0.1) is 21.7 Å². The van der Waals surface area contributed by atoms with Crippen LogP contribution < -0.4 is 5.32 Å². The summed E-state index contributed by atoms with van der Waals surface area (Å²) in [6, 6.07) is 14.7. The van der Waals surface area contributed by atoms with Crippen molar-refractivity contribution >= 4 is 34.8 Å². The van der Waals surface area contributed by atoms with E-state index < -0.39 is 51.8 Å². The molecule has 10 heteroatoms. The van der Waals surface area contributed by atoms with Crippen LogP contribution in [0.4, 0.5) is 15.8 Å². The van der Waals surface area contributed by atoms with Gasteiger partial charge in [0.2, 0.25) is 5.78 Å². The van der Waals surface area contributed by atoms with Gasteiger partial charge < -0.3 is 10.1 Å². The monoisotopic (exact) mass is 476 g/mol. The molecular weight excluding hydrogens is 459 g/mol. The predicted octanol–water partition coefficient (Wildman–Crippen LogP) is 3.96. The first-order valence-corrected chi connectivity index (χ1v) is 10.4. The topological polar surface area (TPSA) is 133 Å². The number of carbonyl (C=O) groups is 4. The van der Waals surface area contributed by atoms with Gasteiger partial charge in [-0.25, -0.2) is 9.18 Å². The molecule has 0 saturated heterocycles. The molecule has 4 rings (SSSR count). The maximum Gasteiger partial charge on any atom is 0.339 e. The fourth-order valence-electron chi connectivity index (χ4n) is 3.83. The van der Waals surface area contributed by atoms with Crippen LogP contribution in [0.5, 0.6) is 0 Å². The first-order valence-electron chi connectivity index (χ1n) is 10.4. The van der Waals surface area contributed by atoms with Crippen molar-refractivity contribution in [3.8, 4) is 0 Å². The van der Waals surface area contributed by atoms with Crippen LogP contribution in [0, 0.1) is 28.8 Å². The Kier molecular flexibility index (Phi) is 6.20. The number of nitrogens with zero attached hydrogens (tertiary/aromatic N) is 1. The van der Waals surface area contributed by atoms with E-state index >= 15 is 0 Å². The van der Waals surface area contributed by atoms with Crippen molar-refractivity contribution in [3.63, 3.8) is 0 Å². The molecule has 0 bridgehead atoms. The lowest BCUT2D eigenvalue weighted by Crippen LogP contribution is -2.38. The number of carbonyl (C=O) groups excluding carboxylic acids is 4. The molecule has 0 spiro atoms. The lowest BCUT2D eigenvalue weighted by atomic mass is 9.84. The van der Waals surface area contributed by atoms with Gasteiger partial charge in [0.25, 0.3) is 11.6 Å². The highest BCUT2D eigenvalue weighted by molar-refractivity contribution is 6.45. The first kappa shape index (κ1) is 23.4. The number of non-ortho nitro benzene ring substituents is 1. The van der Waals surface area contributed by atoms with Crippen molar-refractivity contribution in [3.05, 3.63) is 105 Å². The molecule has 1 amide bonds. The van der Waals surface area contributed by atoms with Gasteiger partial charge in [-0.3, -0.25) is 24.5 Å². The van der Waals surface area contributed by atoms with Gasteiger partial charge in [-0.1, -0.05) is 36.4 Å². The second-order valence-corrected chi connectivity index (χ2v) is 7.81. The van der Waals surface area contributed by atoms with Crippen LogP contribution >= 0.6 is 0 Å². The fraction of sp³-hybridized carbons (Fsp3) is 0.120. The SMILES string of the molecule is Cc1ccc([N+](=O)[O-])cc1NC(=O)C(=O)[C@H](C(=O)c1ccccc1F)[C@@H]1OC(=O)c2ccccc21. The number of nitrogens with one attached hydrogen (secondary N) is 1. The van der Waals surface area contributed by atoms with E-state index in [1.807, 2.05) is 0 Å². The molecule has 1 aliphatic rings. The molecule has 0 radical (unpaired) electrons. The van der Waals surface area contributed by atoms with Crippen LogP contribution in [0.2, 0.25) is 0 Å². The van der Waals surface area contributed by atoms with Gasteiger partial charge in [-0.2, -0.15) is 0 Å².